The number of nitrogens with zero attached hydrogens (tertiary/aromatic N) is 1. The van der Waals surface area contributed by atoms with Gasteiger partial charge in [-0.15, -0.1) is 0 Å². The molecule has 0 radical (unpaired) electrons. The lowest BCUT2D eigenvalue weighted by atomic mass is 10.1. The number of aryl methyl sites for hydroxylation is 2. The SMILES string of the molecule is CC(=O)N(CCNS(=O)(=O)CCc1ccccc1)Cc1cccc(C)c1. The number of carbonyl (C=O) groups is 1. The average Bonchev–Trinajstić information content (AvgIpc) is 2.60. The van der Waals surface area contributed by atoms with Crippen molar-refractivity contribution in [2.75, 3.05) is 18.8 Å². The molecular weight excluding hydrogens is 348 g/mol. The second-order valence-electron chi connectivity index (χ2n) is 6.38. The molecule has 0 aliphatic heterocycles. The van der Waals surface area contributed by atoms with E-state index in [0.717, 1.165) is 16.7 Å². The topological polar surface area (TPSA) is 66.5 Å². The molecule has 0 bridgehead atoms. The van der Waals surface area contributed by atoms with E-state index in [9.17, 15) is 13.2 Å². The second kappa shape index (κ2) is 9.50. The molecule has 0 saturated carbocycles. The summed E-state index contributed by atoms with van der Waals surface area (Å²) >= 11 is 0. The zero-order valence-corrected chi connectivity index (χ0v) is 16.1. The summed E-state index contributed by atoms with van der Waals surface area (Å²) in [5.74, 6) is -0.0374. The van der Waals surface area contributed by atoms with Gasteiger partial charge >= 0.3 is 0 Å². The third-order valence-corrected chi connectivity index (χ3v) is 5.49. The van der Waals surface area contributed by atoms with Gasteiger partial charge in [0.25, 0.3) is 0 Å². The maximum atomic E-state index is 12.1. The molecule has 6 heteroatoms. The average molecular weight is 375 g/mol. The van der Waals surface area contributed by atoms with E-state index >= 15 is 0 Å². The van der Waals surface area contributed by atoms with Crippen molar-refractivity contribution in [3.05, 3.63) is 71.3 Å². The lowest BCUT2D eigenvalue weighted by Crippen LogP contribution is -2.38. The highest BCUT2D eigenvalue weighted by Gasteiger charge is 2.13. The highest BCUT2D eigenvalue weighted by atomic mass is 32.2. The molecule has 140 valence electrons. The molecule has 1 amide bonds. The molecule has 1 N–H and O–H groups in total. The van der Waals surface area contributed by atoms with Crippen LogP contribution in [0.2, 0.25) is 0 Å². The quantitative estimate of drug-likeness (QED) is 0.733. The van der Waals surface area contributed by atoms with E-state index < -0.39 is 10.0 Å². The lowest BCUT2D eigenvalue weighted by molar-refractivity contribution is -0.129. The largest absolute Gasteiger partial charge is 0.337 e. The maximum absolute atomic E-state index is 12.1. The smallest absolute Gasteiger partial charge is 0.219 e. The Morgan fingerprint density at radius 1 is 1.04 bits per heavy atom. The first kappa shape index (κ1) is 20.1. The Balaban J connectivity index is 1.83. The van der Waals surface area contributed by atoms with Gasteiger partial charge < -0.3 is 4.90 Å². The molecule has 0 fully saturated rings. The molecule has 0 aliphatic rings. The summed E-state index contributed by atoms with van der Waals surface area (Å²) in [6, 6.07) is 17.5. The summed E-state index contributed by atoms with van der Waals surface area (Å²) in [6.07, 6.45) is 0.468. The van der Waals surface area contributed by atoms with Gasteiger partial charge in [-0.25, -0.2) is 13.1 Å². The lowest BCUT2D eigenvalue weighted by Gasteiger charge is -2.21. The highest BCUT2D eigenvalue weighted by Crippen LogP contribution is 2.08. The molecule has 2 aromatic rings. The van der Waals surface area contributed by atoms with Crippen molar-refractivity contribution in [1.82, 2.24) is 9.62 Å². The van der Waals surface area contributed by atoms with Crippen LogP contribution in [0.4, 0.5) is 0 Å². The van der Waals surface area contributed by atoms with Gasteiger partial charge in [0.05, 0.1) is 5.75 Å². The molecule has 0 atom stereocenters. The molecule has 2 aromatic carbocycles. The maximum Gasteiger partial charge on any atom is 0.219 e. The van der Waals surface area contributed by atoms with Crippen molar-refractivity contribution < 1.29 is 13.2 Å². The Bertz CT molecular complexity index is 820. The predicted molar refractivity (Wildman–Crippen MR) is 104 cm³/mol. The van der Waals surface area contributed by atoms with E-state index in [1.807, 2.05) is 61.5 Å². The molecule has 0 aliphatic carbocycles. The first-order chi connectivity index (χ1) is 12.4. The number of benzene rings is 2. The summed E-state index contributed by atoms with van der Waals surface area (Å²) in [4.78, 5) is 13.5. The second-order valence-corrected chi connectivity index (χ2v) is 8.30. The molecule has 0 heterocycles. The van der Waals surface area contributed by atoms with Crippen molar-refractivity contribution in [3.63, 3.8) is 0 Å². The third kappa shape index (κ3) is 6.98. The van der Waals surface area contributed by atoms with Crippen LogP contribution >= 0.6 is 0 Å². The van der Waals surface area contributed by atoms with Crippen LogP contribution in [0.25, 0.3) is 0 Å². The molecule has 0 unspecified atom stereocenters. The molecule has 5 nitrogen and oxygen atoms in total. The van der Waals surface area contributed by atoms with Crippen molar-refractivity contribution in [2.45, 2.75) is 26.8 Å². The van der Waals surface area contributed by atoms with Gasteiger partial charge in [-0.05, 0) is 24.5 Å². The summed E-state index contributed by atoms with van der Waals surface area (Å²) in [5.41, 5.74) is 3.16. The van der Waals surface area contributed by atoms with E-state index in [1.54, 1.807) is 4.90 Å². The van der Waals surface area contributed by atoms with Gasteiger partial charge in [0, 0.05) is 26.6 Å². The van der Waals surface area contributed by atoms with Crippen LogP contribution < -0.4 is 4.72 Å². The Morgan fingerprint density at radius 3 is 2.38 bits per heavy atom. The normalized spacial score (nSPS) is 11.3. The number of hydrogen-bond acceptors (Lipinski definition) is 3. The van der Waals surface area contributed by atoms with Crippen molar-refractivity contribution in [2.24, 2.45) is 0 Å². The summed E-state index contributed by atoms with van der Waals surface area (Å²) < 4.78 is 26.9. The monoisotopic (exact) mass is 374 g/mol. The molecule has 0 spiro atoms. The van der Waals surface area contributed by atoms with E-state index in [-0.39, 0.29) is 18.2 Å². The molecule has 26 heavy (non-hydrogen) atoms. The van der Waals surface area contributed by atoms with Crippen LogP contribution in [0, 0.1) is 6.92 Å². The molecule has 2 rings (SSSR count). The Hall–Kier alpha value is -2.18. The van der Waals surface area contributed by atoms with Gasteiger partial charge in [0.2, 0.25) is 15.9 Å². The number of carbonyl (C=O) groups excluding carboxylic acids is 1. The summed E-state index contributed by atoms with van der Waals surface area (Å²) in [7, 11) is -3.37. The van der Waals surface area contributed by atoms with Crippen LogP contribution in [0.3, 0.4) is 0 Å². The van der Waals surface area contributed by atoms with Crippen LogP contribution in [-0.4, -0.2) is 38.1 Å². The number of amides is 1. The predicted octanol–water partition coefficient (Wildman–Crippen LogP) is 2.51. The Labute approximate surface area is 156 Å². The van der Waals surface area contributed by atoms with E-state index in [4.69, 9.17) is 0 Å². The summed E-state index contributed by atoms with van der Waals surface area (Å²) in [5, 5.41) is 0. The van der Waals surface area contributed by atoms with E-state index in [1.165, 1.54) is 6.92 Å². The standard InChI is InChI=1S/C20H26N2O3S/c1-17-7-6-10-20(15-17)16-22(18(2)23)13-12-21-26(24,25)14-11-19-8-4-3-5-9-19/h3-10,15,21H,11-14,16H2,1-2H3. The van der Waals surface area contributed by atoms with Crippen LogP contribution in [0.15, 0.2) is 54.6 Å². The van der Waals surface area contributed by atoms with Crippen LogP contribution in [0.1, 0.15) is 23.6 Å². The Morgan fingerprint density at radius 2 is 1.73 bits per heavy atom. The summed E-state index contributed by atoms with van der Waals surface area (Å²) in [6.45, 7) is 4.53. The van der Waals surface area contributed by atoms with E-state index in [2.05, 4.69) is 4.72 Å². The van der Waals surface area contributed by atoms with E-state index in [0.29, 0.717) is 19.5 Å². The first-order valence-corrected chi connectivity index (χ1v) is 10.3. The van der Waals surface area contributed by atoms with Gasteiger partial charge in [-0.2, -0.15) is 0 Å². The van der Waals surface area contributed by atoms with Gasteiger partial charge in [-0.3, -0.25) is 4.79 Å². The van der Waals surface area contributed by atoms with Crippen molar-refractivity contribution in [3.8, 4) is 0 Å². The number of nitrogens with one attached hydrogen (secondary N) is 1. The van der Waals surface area contributed by atoms with Gasteiger partial charge in [-0.1, -0.05) is 60.2 Å². The highest BCUT2D eigenvalue weighted by molar-refractivity contribution is 7.89. The minimum absolute atomic E-state index is 0.0367. The minimum Gasteiger partial charge on any atom is -0.337 e. The minimum atomic E-state index is -3.37. The van der Waals surface area contributed by atoms with Crippen molar-refractivity contribution in [1.29, 1.82) is 0 Å². The third-order valence-electron chi connectivity index (χ3n) is 4.11. The zero-order chi connectivity index (χ0) is 19.0. The van der Waals surface area contributed by atoms with Crippen LogP contribution in [-0.2, 0) is 27.8 Å². The number of sulfonamides is 1. The molecular formula is C20H26N2O3S. The molecule has 0 saturated heterocycles. The van der Waals surface area contributed by atoms with Gasteiger partial charge in [0.1, 0.15) is 0 Å². The van der Waals surface area contributed by atoms with Crippen LogP contribution in [0.5, 0.6) is 0 Å². The molecule has 0 aromatic heterocycles. The fourth-order valence-corrected chi connectivity index (χ4v) is 3.73. The first-order valence-electron chi connectivity index (χ1n) is 8.68. The van der Waals surface area contributed by atoms with Crippen molar-refractivity contribution >= 4 is 15.9 Å². The number of rotatable bonds is 9. The Kier molecular flexibility index (Phi) is 7.36. The fourth-order valence-electron chi connectivity index (χ4n) is 2.68. The zero-order valence-electron chi connectivity index (χ0n) is 15.3. The number of hydrogen-bond donors (Lipinski definition) is 1. The fraction of sp³-hybridized carbons (Fsp3) is 0.350. The van der Waals surface area contributed by atoms with Gasteiger partial charge in [0.15, 0.2) is 0 Å².